The highest BCUT2D eigenvalue weighted by Crippen LogP contribution is 2.14. The summed E-state index contributed by atoms with van der Waals surface area (Å²) in [6, 6.07) is 3.69. The van der Waals surface area contributed by atoms with Crippen molar-refractivity contribution in [1.29, 1.82) is 0 Å². The molecule has 2 aliphatic heterocycles. The lowest BCUT2D eigenvalue weighted by atomic mass is 10.0. The lowest BCUT2D eigenvalue weighted by Crippen LogP contribution is -2.31. The number of hydrogen-bond donors (Lipinski definition) is 1. The highest BCUT2D eigenvalue weighted by atomic mass is 16.2. The van der Waals surface area contributed by atoms with Gasteiger partial charge in [-0.25, -0.2) is 4.99 Å². The maximum atomic E-state index is 11.8. The third-order valence-corrected chi connectivity index (χ3v) is 2.86. The van der Waals surface area contributed by atoms with Crippen LogP contribution in [-0.4, -0.2) is 18.0 Å². The topological polar surface area (TPSA) is 84.9 Å². The van der Waals surface area contributed by atoms with Gasteiger partial charge in [0, 0.05) is 22.6 Å². The van der Waals surface area contributed by atoms with Crippen LogP contribution < -0.4 is 16.3 Å². The molecule has 18 heavy (non-hydrogen) atoms. The zero-order valence-electron chi connectivity index (χ0n) is 9.38. The third-order valence-electron chi connectivity index (χ3n) is 2.86. The first kappa shape index (κ1) is 10.6. The minimum absolute atomic E-state index is 0.0843. The first-order valence-electron chi connectivity index (χ1n) is 5.44. The Hall–Kier alpha value is -2.56. The normalized spacial score (nSPS) is 15.3. The molecule has 0 bridgehead atoms. The molecule has 0 unspecified atom stereocenters. The van der Waals surface area contributed by atoms with Gasteiger partial charge in [0.15, 0.2) is 0 Å². The van der Waals surface area contributed by atoms with Gasteiger partial charge in [-0.15, -0.1) is 0 Å². The summed E-state index contributed by atoms with van der Waals surface area (Å²) in [4.78, 5) is 30.8. The summed E-state index contributed by atoms with van der Waals surface area (Å²) >= 11 is 0. The molecule has 2 amide bonds. The first-order chi connectivity index (χ1) is 8.65. The number of amides is 2. The number of fused-ring (bicyclic) bond motifs is 3. The van der Waals surface area contributed by atoms with E-state index in [0.717, 1.165) is 16.5 Å². The lowest BCUT2D eigenvalue weighted by Gasteiger charge is -2.08. The maximum Gasteiger partial charge on any atom is 0.274 e. The Balaban J connectivity index is 2.20. The second-order valence-electron chi connectivity index (χ2n) is 4.11. The number of aliphatic imine (C=N–C) groups is 1. The van der Waals surface area contributed by atoms with Gasteiger partial charge < -0.3 is 5.73 Å². The van der Waals surface area contributed by atoms with E-state index in [2.05, 4.69) is 9.98 Å². The summed E-state index contributed by atoms with van der Waals surface area (Å²) in [5, 5.41) is 1.46. The molecular weight excluding hydrogens is 230 g/mol. The van der Waals surface area contributed by atoms with Crippen LogP contribution in [0.4, 0.5) is 5.69 Å². The molecule has 0 saturated carbocycles. The Bertz CT molecular complexity index is 757. The predicted molar refractivity (Wildman–Crippen MR) is 66.6 cm³/mol. The highest BCUT2D eigenvalue weighted by molar-refractivity contribution is 6.04. The number of carbonyl (C=O) groups is 2. The van der Waals surface area contributed by atoms with Crippen molar-refractivity contribution in [1.82, 2.24) is 0 Å². The molecule has 5 nitrogen and oxygen atoms in total. The zero-order valence-corrected chi connectivity index (χ0v) is 9.38. The molecule has 1 aromatic rings. The van der Waals surface area contributed by atoms with Crippen LogP contribution in [0.15, 0.2) is 27.7 Å². The van der Waals surface area contributed by atoms with Crippen LogP contribution in [0, 0.1) is 0 Å². The summed E-state index contributed by atoms with van der Waals surface area (Å²) in [6.45, 7) is 0. The van der Waals surface area contributed by atoms with Gasteiger partial charge in [-0.05, 0) is 18.2 Å². The molecule has 0 atom stereocenters. The molecule has 2 heterocycles. The van der Waals surface area contributed by atoms with Crippen molar-refractivity contribution in [2.45, 2.75) is 6.42 Å². The van der Waals surface area contributed by atoms with E-state index in [1.54, 1.807) is 12.3 Å². The van der Waals surface area contributed by atoms with E-state index in [-0.39, 0.29) is 6.42 Å². The Kier molecular flexibility index (Phi) is 2.19. The van der Waals surface area contributed by atoms with Crippen LogP contribution in [0.1, 0.15) is 12.0 Å². The van der Waals surface area contributed by atoms with Crippen LogP contribution >= 0.6 is 0 Å². The zero-order chi connectivity index (χ0) is 12.7. The van der Waals surface area contributed by atoms with Gasteiger partial charge in [0.25, 0.3) is 5.91 Å². The van der Waals surface area contributed by atoms with Crippen molar-refractivity contribution >= 4 is 35.9 Å². The second-order valence-corrected chi connectivity index (χ2v) is 4.11. The molecular formula is C13H9N3O2. The van der Waals surface area contributed by atoms with E-state index in [9.17, 15) is 9.59 Å². The smallest absolute Gasteiger partial charge is 0.274 e. The van der Waals surface area contributed by atoms with Crippen molar-refractivity contribution in [3.05, 3.63) is 33.8 Å². The van der Waals surface area contributed by atoms with Crippen LogP contribution in [0.5, 0.6) is 0 Å². The number of nitrogens with two attached hydrogens (primary N) is 1. The Morgan fingerprint density at radius 2 is 2.17 bits per heavy atom. The number of nitrogens with zero attached hydrogens (tertiary/aromatic N) is 2. The number of benzene rings is 1. The minimum atomic E-state index is -0.538. The highest BCUT2D eigenvalue weighted by Gasteiger charge is 2.17. The SMILES string of the molecule is NC(=O)CC1=Cc2ccc3c(c2=NC1=O)=CC=N3. The van der Waals surface area contributed by atoms with Crippen molar-refractivity contribution in [2.75, 3.05) is 0 Å². The fourth-order valence-corrected chi connectivity index (χ4v) is 2.06. The molecule has 0 fully saturated rings. The summed E-state index contributed by atoms with van der Waals surface area (Å²) in [5.41, 5.74) is 7.04. The molecule has 88 valence electrons. The summed E-state index contributed by atoms with van der Waals surface area (Å²) in [7, 11) is 0. The van der Waals surface area contributed by atoms with Gasteiger partial charge >= 0.3 is 0 Å². The molecule has 0 saturated heterocycles. The average molecular weight is 239 g/mol. The van der Waals surface area contributed by atoms with Crippen LogP contribution in [0.25, 0.3) is 12.2 Å². The number of rotatable bonds is 2. The van der Waals surface area contributed by atoms with Crippen LogP contribution in [0.3, 0.4) is 0 Å². The van der Waals surface area contributed by atoms with E-state index >= 15 is 0 Å². The molecule has 2 aliphatic rings. The first-order valence-corrected chi connectivity index (χ1v) is 5.44. The van der Waals surface area contributed by atoms with Gasteiger partial charge in [0.1, 0.15) is 0 Å². The summed E-state index contributed by atoms with van der Waals surface area (Å²) in [6.07, 6.45) is 5.08. The number of hydrogen-bond acceptors (Lipinski definition) is 3. The fraction of sp³-hybridized carbons (Fsp3) is 0.0769. The van der Waals surface area contributed by atoms with Gasteiger partial charge in [-0.3, -0.25) is 14.6 Å². The van der Waals surface area contributed by atoms with E-state index in [0.29, 0.717) is 10.9 Å². The van der Waals surface area contributed by atoms with Crippen LogP contribution in [0.2, 0.25) is 0 Å². The van der Waals surface area contributed by atoms with Crippen molar-refractivity contribution in [3.8, 4) is 0 Å². The summed E-state index contributed by atoms with van der Waals surface area (Å²) in [5.74, 6) is -0.945. The largest absolute Gasteiger partial charge is 0.369 e. The Morgan fingerprint density at radius 1 is 1.33 bits per heavy atom. The standard InChI is InChI=1S/C13H9N3O2/c14-11(17)6-8-5-7-1-2-10-9(3-4-15-10)12(7)16-13(8)18/h1-5H,6H2,(H2,14,17). The molecule has 0 aliphatic carbocycles. The molecule has 0 aromatic heterocycles. The quantitative estimate of drug-likeness (QED) is 0.761. The minimum Gasteiger partial charge on any atom is -0.369 e. The van der Waals surface area contributed by atoms with Crippen molar-refractivity contribution in [2.24, 2.45) is 15.7 Å². The molecule has 3 rings (SSSR count). The van der Waals surface area contributed by atoms with E-state index in [1.807, 2.05) is 18.2 Å². The van der Waals surface area contributed by atoms with Crippen LogP contribution in [-0.2, 0) is 9.59 Å². The second kappa shape index (κ2) is 3.73. The number of carbonyl (C=O) groups excluding carboxylic acids is 2. The average Bonchev–Trinajstić information content (AvgIpc) is 2.78. The Labute approximate surface area is 102 Å². The molecule has 0 radical (unpaired) electrons. The molecule has 1 aromatic carbocycles. The van der Waals surface area contributed by atoms with Gasteiger partial charge in [0.2, 0.25) is 5.91 Å². The molecule has 2 N–H and O–H groups in total. The van der Waals surface area contributed by atoms with Crippen molar-refractivity contribution in [3.63, 3.8) is 0 Å². The predicted octanol–water partition coefficient (Wildman–Crippen LogP) is -0.398. The van der Waals surface area contributed by atoms with Gasteiger partial charge in [-0.1, -0.05) is 6.07 Å². The van der Waals surface area contributed by atoms with Gasteiger partial charge in [0.05, 0.1) is 17.5 Å². The molecule has 5 heteroatoms. The van der Waals surface area contributed by atoms with E-state index in [1.165, 1.54) is 0 Å². The fourth-order valence-electron chi connectivity index (χ4n) is 2.06. The summed E-state index contributed by atoms with van der Waals surface area (Å²) < 4.78 is 0. The monoisotopic (exact) mass is 239 g/mol. The van der Waals surface area contributed by atoms with E-state index < -0.39 is 11.8 Å². The van der Waals surface area contributed by atoms with Gasteiger partial charge in [-0.2, -0.15) is 0 Å². The van der Waals surface area contributed by atoms with Crippen molar-refractivity contribution < 1.29 is 9.59 Å². The Morgan fingerprint density at radius 3 is 2.94 bits per heavy atom. The maximum absolute atomic E-state index is 11.8. The van der Waals surface area contributed by atoms with E-state index in [4.69, 9.17) is 5.73 Å². The lowest BCUT2D eigenvalue weighted by molar-refractivity contribution is -0.120. The third kappa shape index (κ3) is 1.57. The molecule has 0 spiro atoms. The number of primary amides is 1.